The van der Waals surface area contributed by atoms with Crippen LogP contribution in [-0.4, -0.2) is 10.5 Å². The molecule has 91 valence electrons. The first-order chi connectivity index (χ1) is 8.53. The Hall–Kier alpha value is -1.45. The smallest absolute Gasteiger partial charge is 0.247 e. The van der Waals surface area contributed by atoms with Crippen molar-refractivity contribution in [2.75, 3.05) is 0 Å². The third kappa shape index (κ3) is 2.68. The largest absolute Gasteiger partial charge is 0.410 e. The van der Waals surface area contributed by atoms with Gasteiger partial charge in [-0.25, -0.2) is 4.39 Å². The summed E-state index contributed by atoms with van der Waals surface area (Å²) in [5, 5.41) is 0. The van der Waals surface area contributed by atoms with Gasteiger partial charge >= 0.3 is 0 Å². The fraction of sp³-hybridized carbons (Fsp3) is 0.200. The van der Waals surface area contributed by atoms with Gasteiger partial charge in [-0.05, 0) is 42.7 Å². The maximum absolute atomic E-state index is 13.1. The number of hydrogen-bond donors (Lipinski definition) is 0. The van der Waals surface area contributed by atoms with Crippen LogP contribution >= 0.6 is 0 Å². The van der Waals surface area contributed by atoms with Crippen molar-refractivity contribution in [1.29, 1.82) is 0 Å². The molecule has 0 saturated carbocycles. The lowest BCUT2D eigenvalue weighted by Crippen LogP contribution is -2.19. The fourth-order valence-corrected chi connectivity index (χ4v) is 1.91. The lowest BCUT2D eigenvalue weighted by molar-refractivity contribution is 0.123. The number of hydrogen-bond acceptors (Lipinski definition) is 1. The number of rotatable bonds is 3. The van der Waals surface area contributed by atoms with Crippen LogP contribution < -0.4 is 0 Å². The molecule has 0 aliphatic rings. The van der Waals surface area contributed by atoms with Gasteiger partial charge in [-0.2, -0.15) is 0 Å². The second kappa shape index (κ2) is 5.04. The molecule has 0 bridgehead atoms. The highest BCUT2D eigenvalue weighted by Crippen LogP contribution is 2.27. The Bertz CT molecular complexity index is 534. The van der Waals surface area contributed by atoms with Crippen LogP contribution in [0.25, 0.3) is 11.1 Å². The fourth-order valence-electron chi connectivity index (χ4n) is 1.79. The summed E-state index contributed by atoms with van der Waals surface area (Å²) in [7, 11) is 3.08. The van der Waals surface area contributed by atoms with Crippen molar-refractivity contribution in [2.45, 2.75) is 19.4 Å². The van der Waals surface area contributed by atoms with Crippen LogP contribution in [0.2, 0.25) is 0 Å². The maximum atomic E-state index is 13.1. The SMILES string of the molecule is CC(C)(O[Si])c1ccc(-c2cccc(F)c2)cc1. The summed E-state index contributed by atoms with van der Waals surface area (Å²) in [6.07, 6.45) is 0. The van der Waals surface area contributed by atoms with Crippen LogP contribution in [-0.2, 0) is 10.0 Å². The molecular formula is C15H14FOSi. The zero-order valence-corrected chi connectivity index (χ0v) is 11.4. The Morgan fingerprint density at radius 3 is 2.22 bits per heavy atom. The molecule has 2 rings (SSSR count). The van der Waals surface area contributed by atoms with Crippen LogP contribution in [0.5, 0.6) is 0 Å². The van der Waals surface area contributed by atoms with Crippen molar-refractivity contribution in [2.24, 2.45) is 0 Å². The first kappa shape index (κ1) is 13.0. The predicted octanol–water partition coefficient (Wildman–Crippen LogP) is 3.83. The normalized spacial score (nSPS) is 11.6. The monoisotopic (exact) mass is 257 g/mol. The molecule has 0 aromatic heterocycles. The summed E-state index contributed by atoms with van der Waals surface area (Å²) >= 11 is 0. The third-order valence-electron chi connectivity index (χ3n) is 2.99. The molecule has 0 heterocycles. The summed E-state index contributed by atoms with van der Waals surface area (Å²) in [5.41, 5.74) is 2.52. The topological polar surface area (TPSA) is 9.23 Å². The average molecular weight is 257 g/mol. The Kier molecular flexibility index (Phi) is 3.64. The van der Waals surface area contributed by atoms with Crippen molar-refractivity contribution < 1.29 is 8.82 Å². The van der Waals surface area contributed by atoms with Gasteiger partial charge in [-0.3, -0.25) is 0 Å². The molecule has 3 heteroatoms. The van der Waals surface area contributed by atoms with Crippen molar-refractivity contribution in [1.82, 2.24) is 0 Å². The lowest BCUT2D eigenvalue weighted by Gasteiger charge is -2.24. The molecule has 2 aromatic carbocycles. The van der Waals surface area contributed by atoms with Crippen molar-refractivity contribution in [3.8, 4) is 11.1 Å². The highest BCUT2D eigenvalue weighted by molar-refractivity contribution is 5.98. The molecule has 3 radical (unpaired) electrons. The van der Waals surface area contributed by atoms with Crippen LogP contribution in [0, 0.1) is 5.82 Å². The van der Waals surface area contributed by atoms with E-state index in [1.807, 2.05) is 44.2 Å². The van der Waals surface area contributed by atoms with Gasteiger partial charge in [0.2, 0.25) is 10.5 Å². The van der Waals surface area contributed by atoms with Gasteiger partial charge < -0.3 is 4.43 Å². The standard InChI is InChI=1S/C15H14FOSi/c1-15(2,17-18)13-8-6-11(7-9-13)12-4-3-5-14(16)10-12/h3-10H,1-2H3. The second-order valence-corrected chi connectivity index (χ2v) is 4.90. The molecule has 0 aliphatic heterocycles. The summed E-state index contributed by atoms with van der Waals surface area (Å²) in [6, 6.07) is 14.5. The molecule has 0 amide bonds. The molecule has 2 aromatic rings. The molecule has 1 nitrogen and oxygen atoms in total. The maximum Gasteiger partial charge on any atom is 0.247 e. The van der Waals surface area contributed by atoms with Crippen LogP contribution in [0.15, 0.2) is 48.5 Å². The van der Waals surface area contributed by atoms with E-state index in [-0.39, 0.29) is 5.82 Å². The van der Waals surface area contributed by atoms with E-state index >= 15 is 0 Å². The van der Waals surface area contributed by atoms with Crippen LogP contribution in [0.4, 0.5) is 4.39 Å². The minimum absolute atomic E-state index is 0.222. The average Bonchev–Trinajstić information content (AvgIpc) is 2.39. The minimum Gasteiger partial charge on any atom is -0.410 e. The van der Waals surface area contributed by atoms with E-state index in [1.54, 1.807) is 6.07 Å². The van der Waals surface area contributed by atoms with Gasteiger partial charge in [-0.15, -0.1) is 0 Å². The Morgan fingerprint density at radius 2 is 1.67 bits per heavy atom. The Balaban J connectivity index is 2.33. The minimum atomic E-state index is -0.392. The predicted molar refractivity (Wildman–Crippen MR) is 71.7 cm³/mol. The zero-order valence-electron chi connectivity index (χ0n) is 10.4. The third-order valence-corrected chi connectivity index (χ3v) is 3.50. The lowest BCUT2D eigenvalue weighted by atomic mass is 9.95. The van der Waals surface area contributed by atoms with Gasteiger partial charge in [0.1, 0.15) is 5.82 Å². The van der Waals surface area contributed by atoms with E-state index < -0.39 is 5.60 Å². The quantitative estimate of drug-likeness (QED) is 0.759. The molecule has 0 spiro atoms. The molecule has 0 unspecified atom stereocenters. The highest BCUT2D eigenvalue weighted by Gasteiger charge is 2.18. The molecule has 0 atom stereocenters. The van der Waals surface area contributed by atoms with Crippen molar-refractivity contribution >= 4 is 10.5 Å². The molecule has 0 fully saturated rings. The first-order valence-electron chi connectivity index (χ1n) is 5.74. The summed E-state index contributed by atoms with van der Waals surface area (Å²) < 4.78 is 18.4. The zero-order chi connectivity index (χ0) is 13.2. The number of halogens is 1. The molecular weight excluding hydrogens is 243 g/mol. The van der Waals surface area contributed by atoms with Gasteiger partial charge in [0.15, 0.2) is 0 Å². The van der Waals surface area contributed by atoms with Gasteiger partial charge in [0.05, 0.1) is 5.60 Å². The van der Waals surface area contributed by atoms with Crippen LogP contribution in [0.1, 0.15) is 19.4 Å². The highest BCUT2D eigenvalue weighted by atomic mass is 28.2. The summed E-state index contributed by atoms with van der Waals surface area (Å²) in [5.74, 6) is -0.222. The second-order valence-electron chi connectivity index (χ2n) is 4.70. The van der Waals surface area contributed by atoms with Crippen LogP contribution in [0.3, 0.4) is 0 Å². The first-order valence-corrected chi connectivity index (χ1v) is 6.15. The Morgan fingerprint density at radius 1 is 1.00 bits per heavy atom. The molecule has 0 N–H and O–H groups in total. The molecule has 0 saturated heterocycles. The Labute approximate surface area is 110 Å². The van der Waals surface area contributed by atoms with E-state index in [0.29, 0.717) is 0 Å². The van der Waals surface area contributed by atoms with E-state index in [2.05, 4.69) is 10.5 Å². The molecule has 0 aliphatic carbocycles. The van der Waals surface area contributed by atoms with E-state index in [0.717, 1.165) is 16.7 Å². The van der Waals surface area contributed by atoms with E-state index in [4.69, 9.17) is 4.43 Å². The van der Waals surface area contributed by atoms with Gasteiger partial charge in [0, 0.05) is 0 Å². The van der Waals surface area contributed by atoms with E-state index in [9.17, 15) is 4.39 Å². The van der Waals surface area contributed by atoms with Crippen molar-refractivity contribution in [3.05, 3.63) is 59.9 Å². The molecule has 18 heavy (non-hydrogen) atoms. The van der Waals surface area contributed by atoms with Gasteiger partial charge in [-0.1, -0.05) is 36.4 Å². The van der Waals surface area contributed by atoms with Gasteiger partial charge in [0.25, 0.3) is 0 Å². The summed E-state index contributed by atoms with van der Waals surface area (Å²) in [6.45, 7) is 3.94. The summed E-state index contributed by atoms with van der Waals surface area (Å²) in [4.78, 5) is 0. The number of benzene rings is 2. The van der Waals surface area contributed by atoms with E-state index in [1.165, 1.54) is 12.1 Å². The van der Waals surface area contributed by atoms with Crippen molar-refractivity contribution in [3.63, 3.8) is 0 Å².